The number of nitrogens with zero attached hydrogens (tertiary/aromatic N) is 1. The number of hydrogen-bond donors (Lipinski definition) is 6. The number of ether oxygens (including phenoxy) is 1. The van der Waals surface area contributed by atoms with E-state index in [2.05, 4.69) is 26.3 Å². The number of aliphatic hydroxyl groups is 2. The fraction of sp³-hybridized carbons (Fsp3) is 0.429. The predicted octanol–water partition coefficient (Wildman–Crippen LogP) is 5.35. The number of pyridine rings is 1. The average Bonchev–Trinajstić information content (AvgIpc) is 3.17. The van der Waals surface area contributed by atoms with E-state index in [9.17, 15) is 24.6 Å². The third kappa shape index (κ3) is 12.7. The maximum atomic E-state index is 14.1. The Morgan fingerprint density at radius 1 is 0.792 bits per heavy atom. The van der Waals surface area contributed by atoms with Gasteiger partial charge in [0, 0.05) is 12.6 Å². The van der Waals surface area contributed by atoms with Crippen molar-refractivity contribution in [1.29, 1.82) is 0 Å². The van der Waals surface area contributed by atoms with Gasteiger partial charge in [0.1, 0.15) is 24.8 Å². The van der Waals surface area contributed by atoms with Gasteiger partial charge in [0.25, 0.3) is 0 Å². The first kappa shape index (κ1) is 40.9. The molecule has 2 unspecified atom stereocenters. The zero-order valence-corrected chi connectivity index (χ0v) is 31.2. The summed E-state index contributed by atoms with van der Waals surface area (Å²) in [6, 6.07) is 25.2. The van der Waals surface area contributed by atoms with E-state index >= 15 is 0 Å². The first-order valence-electron chi connectivity index (χ1n) is 18.6. The van der Waals surface area contributed by atoms with Crippen molar-refractivity contribution < 1.29 is 29.3 Å². The predicted molar refractivity (Wildman–Crippen MR) is 207 cm³/mol. The summed E-state index contributed by atoms with van der Waals surface area (Å²) in [5.74, 6) is -0.939. The van der Waals surface area contributed by atoms with Gasteiger partial charge in [0.2, 0.25) is 11.8 Å². The highest BCUT2D eigenvalue weighted by atomic mass is 16.5. The quantitative estimate of drug-likeness (QED) is 0.0711. The van der Waals surface area contributed by atoms with E-state index in [1.54, 1.807) is 13.2 Å². The molecule has 1 aromatic heterocycles. The molecule has 0 fully saturated rings. The fourth-order valence-corrected chi connectivity index (χ4v) is 6.45. The highest BCUT2D eigenvalue weighted by Crippen LogP contribution is 2.22. The van der Waals surface area contributed by atoms with Crippen LogP contribution in [0.25, 0.3) is 10.8 Å². The Bertz CT molecular complexity index is 1720. The number of rotatable bonds is 20. The molecule has 284 valence electrons. The largest absolute Gasteiger partial charge is 0.445 e. The number of aliphatic hydroxyl groups excluding tert-OH is 2. The number of hydrogen-bond acceptors (Lipinski definition) is 8. The van der Waals surface area contributed by atoms with Crippen molar-refractivity contribution in [2.24, 2.45) is 5.92 Å². The molecule has 0 saturated carbocycles. The highest BCUT2D eigenvalue weighted by molar-refractivity contribution is 5.92. The number of nitrogens with one attached hydrogen (secondary N) is 4. The van der Waals surface area contributed by atoms with Crippen LogP contribution in [0.15, 0.2) is 97.2 Å². The van der Waals surface area contributed by atoms with E-state index in [0.717, 1.165) is 34.0 Å². The molecule has 11 nitrogen and oxygen atoms in total. The van der Waals surface area contributed by atoms with Crippen LogP contribution in [0.5, 0.6) is 0 Å². The molecule has 6 N–H and O–H groups in total. The first-order chi connectivity index (χ1) is 25.6. The van der Waals surface area contributed by atoms with Crippen molar-refractivity contribution in [2.75, 3.05) is 7.05 Å². The van der Waals surface area contributed by atoms with Crippen molar-refractivity contribution in [3.63, 3.8) is 0 Å². The molecule has 0 bridgehead atoms. The lowest BCUT2D eigenvalue weighted by atomic mass is 9.92. The van der Waals surface area contributed by atoms with Crippen LogP contribution in [-0.2, 0) is 27.4 Å². The Kier molecular flexibility index (Phi) is 16.2. The number of carbonyl (C=O) groups excluding carboxylic acids is 3. The molecular formula is C42H55N5O6. The SMILES string of the molecule is CCCC[C@H](NC(=O)[C@H](Cc1cccc2ccccc12)NC(=O)OCc1ccccc1)C(=O)NC(CC(C)C)[C@@H](O)[C@@H](O)CC(NC)c1ccccn1. The van der Waals surface area contributed by atoms with Gasteiger partial charge in [0.15, 0.2) is 0 Å². The van der Waals surface area contributed by atoms with E-state index in [0.29, 0.717) is 19.3 Å². The number of unbranched alkanes of at least 4 members (excludes halogenated alkanes) is 1. The van der Waals surface area contributed by atoms with Crippen molar-refractivity contribution in [3.8, 4) is 0 Å². The Morgan fingerprint density at radius 3 is 2.19 bits per heavy atom. The lowest BCUT2D eigenvalue weighted by Gasteiger charge is -2.32. The second-order valence-electron chi connectivity index (χ2n) is 13.9. The molecule has 0 aliphatic heterocycles. The molecular weight excluding hydrogens is 670 g/mol. The van der Waals surface area contributed by atoms with Gasteiger partial charge in [-0.25, -0.2) is 4.79 Å². The Hall–Kier alpha value is -4.84. The van der Waals surface area contributed by atoms with Gasteiger partial charge >= 0.3 is 6.09 Å². The normalized spacial score (nSPS) is 14.8. The van der Waals surface area contributed by atoms with Gasteiger partial charge in [-0.2, -0.15) is 0 Å². The molecule has 4 rings (SSSR count). The molecule has 1 heterocycles. The zero-order valence-electron chi connectivity index (χ0n) is 31.2. The second-order valence-corrected chi connectivity index (χ2v) is 13.9. The average molecular weight is 726 g/mol. The lowest BCUT2D eigenvalue weighted by Crippen LogP contribution is -2.57. The number of alkyl carbamates (subject to hydrolysis) is 1. The molecule has 0 saturated heterocycles. The van der Waals surface area contributed by atoms with Gasteiger partial charge in [-0.3, -0.25) is 14.6 Å². The number of carbonyl (C=O) groups is 3. The van der Waals surface area contributed by atoms with Crippen LogP contribution in [0.3, 0.4) is 0 Å². The monoisotopic (exact) mass is 725 g/mol. The summed E-state index contributed by atoms with van der Waals surface area (Å²) in [5.41, 5.74) is 2.37. The number of fused-ring (bicyclic) bond motifs is 1. The highest BCUT2D eigenvalue weighted by Gasteiger charge is 2.34. The summed E-state index contributed by atoms with van der Waals surface area (Å²) < 4.78 is 5.48. The van der Waals surface area contributed by atoms with Crippen LogP contribution in [0.2, 0.25) is 0 Å². The summed E-state index contributed by atoms with van der Waals surface area (Å²) in [5, 5.41) is 36.3. The van der Waals surface area contributed by atoms with E-state index in [1.807, 2.05) is 112 Å². The zero-order chi connectivity index (χ0) is 38.2. The van der Waals surface area contributed by atoms with Crippen molar-refractivity contribution in [3.05, 3.63) is 114 Å². The second kappa shape index (κ2) is 21.0. The topological polar surface area (TPSA) is 162 Å². The minimum atomic E-state index is -1.29. The summed E-state index contributed by atoms with van der Waals surface area (Å²) in [4.78, 5) is 45.6. The van der Waals surface area contributed by atoms with E-state index in [-0.39, 0.29) is 31.4 Å². The van der Waals surface area contributed by atoms with Crippen LogP contribution in [-0.4, -0.2) is 70.5 Å². The Labute approximate surface area is 312 Å². The van der Waals surface area contributed by atoms with Crippen LogP contribution in [0.4, 0.5) is 4.79 Å². The lowest BCUT2D eigenvalue weighted by molar-refractivity contribution is -0.131. The third-order valence-electron chi connectivity index (χ3n) is 9.33. The van der Waals surface area contributed by atoms with E-state index in [1.165, 1.54) is 0 Å². The first-order valence-corrected chi connectivity index (χ1v) is 18.6. The van der Waals surface area contributed by atoms with Gasteiger partial charge in [-0.15, -0.1) is 0 Å². The van der Waals surface area contributed by atoms with Gasteiger partial charge < -0.3 is 36.2 Å². The number of amides is 3. The van der Waals surface area contributed by atoms with Gasteiger partial charge in [-0.1, -0.05) is 112 Å². The van der Waals surface area contributed by atoms with Crippen LogP contribution in [0.1, 0.15) is 75.7 Å². The minimum Gasteiger partial charge on any atom is -0.445 e. The standard InChI is InChI=1S/C42H55N5O6/c1-5-6-21-34(40(50)46-36(24-28(2)3)39(49)38(48)26-35(43-4)33-22-12-13-23-44-33)45-41(51)37(47-42(52)53-27-29-15-8-7-9-16-29)25-31-19-14-18-30-17-10-11-20-32(30)31/h7-20,22-23,28,34-39,43,48-49H,5-6,21,24-27H2,1-4H3,(H,45,51)(H,46,50)(H,47,52)/t34-,35?,36?,37-,38-,39+/m0/s1. The Morgan fingerprint density at radius 2 is 1.49 bits per heavy atom. The molecule has 6 atom stereocenters. The van der Waals surface area contributed by atoms with Gasteiger partial charge in [0.05, 0.1) is 23.9 Å². The maximum absolute atomic E-state index is 14.1. The molecule has 0 radical (unpaired) electrons. The molecule has 3 amide bonds. The molecule has 11 heteroatoms. The molecule has 0 aliphatic rings. The van der Waals surface area contributed by atoms with E-state index < -0.39 is 48.2 Å². The van der Waals surface area contributed by atoms with E-state index in [4.69, 9.17) is 4.74 Å². The van der Waals surface area contributed by atoms with Crippen LogP contribution < -0.4 is 21.3 Å². The molecule has 4 aromatic rings. The smallest absolute Gasteiger partial charge is 0.408 e. The molecule has 0 aliphatic carbocycles. The number of benzene rings is 3. The van der Waals surface area contributed by atoms with Crippen molar-refractivity contribution in [1.82, 2.24) is 26.3 Å². The van der Waals surface area contributed by atoms with Gasteiger partial charge in [-0.05, 0) is 66.3 Å². The molecule has 0 spiro atoms. The number of aromatic nitrogens is 1. The minimum absolute atomic E-state index is 0.0269. The van der Waals surface area contributed by atoms with Crippen molar-refractivity contribution >= 4 is 28.7 Å². The molecule has 53 heavy (non-hydrogen) atoms. The van der Waals surface area contributed by atoms with Crippen LogP contribution in [0, 0.1) is 5.92 Å². The molecule has 3 aromatic carbocycles. The third-order valence-corrected chi connectivity index (χ3v) is 9.33. The summed E-state index contributed by atoms with van der Waals surface area (Å²) in [6.45, 7) is 5.96. The summed E-state index contributed by atoms with van der Waals surface area (Å²) in [6.07, 6.45) is 0.908. The fourth-order valence-electron chi connectivity index (χ4n) is 6.45. The summed E-state index contributed by atoms with van der Waals surface area (Å²) in [7, 11) is 1.76. The Balaban J connectivity index is 1.52. The summed E-state index contributed by atoms with van der Waals surface area (Å²) >= 11 is 0. The van der Waals surface area contributed by atoms with Crippen molar-refractivity contribution in [2.45, 2.75) is 102 Å². The maximum Gasteiger partial charge on any atom is 0.408 e. The van der Waals surface area contributed by atoms with Crippen LogP contribution >= 0.6 is 0 Å².